The second kappa shape index (κ2) is 8.55. The SMILES string of the molecule is CN(C(=O)CSc1nnc(C2CCCCC2)n1N)C1CCCc2ccccc21. The van der Waals surface area contributed by atoms with Crippen LogP contribution >= 0.6 is 11.8 Å². The predicted octanol–water partition coefficient (Wildman–Crippen LogP) is 3.67. The topological polar surface area (TPSA) is 77.0 Å². The van der Waals surface area contributed by atoms with Crippen molar-refractivity contribution < 1.29 is 4.79 Å². The normalized spacial score (nSPS) is 20.0. The molecule has 0 saturated heterocycles. The van der Waals surface area contributed by atoms with Crippen molar-refractivity contribution >= 4 is 17.7 Å². The highest BCUT2D eigenvalue weighted by atomic mass is 32.2. The number of aromatic nitrogens is 3. The molecule has 0 aliphatic heterocycles. The van der Waals surface area contributed by atoms with Gasteiger partial charge < -0.3 is 10.7 Å². The van der Waals surface area contributed by atoms with E-state index in [0.29, 0.717) is 16.8 Å². The summed E-state index contributed by atoms with van der Waals surface area (Å²) in [6.07, 6.45) is 9.24. The van der Waals surface area contributed by atoms with Crippen molar-refractivity contribution in [3.8, 4) is 0 Å². The Morgan fingerprint density at radius 1 is 1.18 bits per heavy atom. The predicted molar refractivity (Wildman–Crippen MR) is 112 cm³/mol. The second-order valence-electron chi connectivity index (χ2n) is 7.95. The maximum Gasteiger partial charge on any atom is 0.233 e. The van der Waals surface area contributed by atoms with Crippen LogP contribution in [0.5, 0.6) is 0 Å². The fourth-order valence-electron chi connectivity index (χ4n) is 4.56. The van der Waals surface area contributed by atoms with Gasteiger partial charge >= 0.3 is 0 Å². The largest absolute Gasteiger partial charge is 0.338 e. The third-order valence-corrected chi connectivity index (χ3v) is 7.11. The molecule has 2 aromatic rings. The van der Waals surface area contributed by atoms with Crippen LogP contribution in [0.4, 0.5) is 0 Å². The number of carbonyl (C=O) groups excluding carboxylic acids is 1. The lowest BCUT2D eigenvalue weighted by atomic mass is 9.87. The summed E-state index contributed by atoms with van der Waals surface area (Å²) in [7, 11) is 1.91. The molecule has 28 heavy (non-hydrogen) atoms. The molecule has 1 unspecified atom stereocenters. The van der Waals surface area contributed by atoms with Gasteiger partial charge in [-0.3, -0.25) is 4.79 Å². The van der Waals surface area contributed by atoms with Crippen LogP contribution < -0.4 is 5.84 Å². The van der Waals surface area contributed by atoms with E-state index in [-0.39, 0.29) is 11.9 Å². The van der Waals surface area contributed by atoms with Crippen LogP contribution in [0.1, 0.15) is 73.9 Å². The molecular formula is C21H29N5OS. The number of benzene rings is 1. The van der Waals surface area contributed by atoms with Crippen molar-refractivity contribution in [3.63, 3.8) is 0 Å². The van der Waals surface area contributed by atoms with Crippen LogP contribution in [0.2, 0.25) is 0 Å². The molecule has 0 bridgehead atoms. The summed E-state index contributed by atoms with van der Waals surface area (Å²) in [5, 5.41) is 9.21. The molecule has 2 aliphatic rings. The molecule has 1 heterocycles. The van der Waals surface area contributed by atoms with Crippen molar-refractivity contribution in [3.05, 3.63) is 41.2 Å². The summed E-state index contributed by atoms with van der Waals surface area (Å²) in [5.41, 5.74) is 2.65. The Hall–Kier alpha value is -2.02. The second-order valence-corrected chi connectivity index (χ2v) is 8.89. The third kappa shape index (κ3) is 3.90. The van der Waals surface area contributed by atoms with Gasteiger partial charge in [0.1, 0.15) is 0 Å². The molecule has 1 amide bonds. The number of rotatable bonds is 5. The molecule has 6 nitrogen and oxygen atoms in total. The molecular weight excluding hydrogens is 370 g/mol. The van der Waals surface area contributed by atoms with Gasteiger partial charge in [0.05, 0.1) is 11.8 Å². The number of hydrogen-bond acceptors (Lipinski definition) is 5. The van der Waals surface area contributed by atoms with E-state index in [2.05, 4.69) is 34.5 Å². The number of nitrogen functional groups attached to an aromatic ring is 1. The number of nitrogens with two attached hydrogens (primary N) is 1. The Balaban J connectivity index is 1.39. The van der Waals surface area contributed by atoms with E-state index in [1.807, 2.05) is 11.9 Å². The molecule has 4 rings (SSSR count). The number of amides is 1. The summed E-state index contributed by atoms with van der Waals surface area (Å²) in [6, 6.07) is 8.64. The number of carbonyl (C=O) groups is 1. The van der Waals surface area contributed by atoms with Crippen LogP contribution in [-0.2, 0) is 11.2 Å². The number of thioether (sulfide) groups is 1. The molecule has 0 spiro atoms. The van der Waals surface area contributed by atoms with E-state index in [4.69, 9.17) is 5.84 Å². The van der Waals surface area contributed by atoms with Gasteiger partial charge in [0, 0.05) is 13.0 Å². The van der Waals surface area contributed by atoms with E-state index in [0.717, 1.165) is 37.9 Å². The van der Waals surface area contributed by atoms with Gasteiger partial charge in [0.2, 0.25) is 11.1 Å². The Kier molecular flexibility index (Phi) is 5.90. The van der Waals surface area contributed by atoms with Gasteiger partial charge in [-0.25, -0.2) is 4.68 Å². The maximum absolute atomic E-state index is 12.9. The van der Waals surface area contributed by atoms with Crippen molar-refractivity contribution in [2.75, 3.05) is 18.6 Å². The highest BCUT2D eigenvalue weighted by Crippen LogP contribution is 2.35. The number of aryl methyl sites for hydroxylation is 1. The van der Waals surface area contributed by atoms with Gasteiger partial charge in [0.15, 0.2) is 5.82 Å². The van der Waals surface area contributed by atoms with Crippen LogP contribution in [-0.4, -0.2) is 38.5 Å². The van der Waals surface area contributed by atoms with E-state index in [1.54, 1.807) is 4.68 Å². The van der Waals surface area contributed by atoms with Crippen molar-refractivity contribution in [2.45, 2.75) is 68.5 Å². The fourth-order valence-corrected chi connectivity index (χ4v) is 5.35. The van der Waals surface area contributed by atoms with Gasteiger partial charge in [-0.05, 0) is 43.2 Å². The lowest BCUT2D eigenvalue weighted by Gasteiger charge is -2.33. The zero-order valence-corrected chi connectivity index (χ0v) is 17.3. The minimum absolute atomic E-state index is 0.105. The third-order valence-electron chi connectivity index (χ3n) is 6.18. The molecule has 1 atom stereocenters. The zero-order chi connectivity index (χ0) is 19.5. The lowest BCUT2D eigenvalue weighted by molar-refractivity contribution is -0.129. The summed E-state index contributed by atoms with van der Waals surface area (Å²) in [5.74, 6) is 7.95. The van der Waals surface area contributed by atoms with Crippen molar-refractivity contribution in [1.29, 1.82) is 0 Å². The first-order chi connectivity index (χ1) is 13.6. The van der Waals surface area contributed by atoms with Gasteiger partial charge in [0.25, 0.3) is 0 Å². The first-order valence-corrected chi connectivity index (χ1v) is 11.3. The molecule has 0 radical (unpaired) electrons. The fraction of sp³-hybridized carbons (Fsp3) is 0.571. The standard InChI is InChI=1S/C21H29N5OS/c1-25(18-13-7-11-15-8-5-6-12-17(15)18)19(27)14-28-21-24-23-20(26(21)22)16-9-3-2-4-10-16/h5-6,8,12,16,18H,2-4,7,9-11,13-14,22H2,1H3. The van der Waals surface area contributed by atoms with Crippen LogP contribution in [0.15, 0.2) is 29.4 Å². The summed E-state index contributed by atoms with van der Waals surface area (Å²) >= 11 is 1.39. The van der Waals surface area contributed by atoms with Crippen molar-refractivity contribution in [2.24, 2.45) is 0 Å². The molecule has 2 aliphatic carbocycles. The maximum atomic E-state index is 12.9. The summed E-state index contributed by atoms with van der Waals surface area (Å²) in [4.78, 5) is 14.7. The smallest absolute Gasteiger partial charge is 0.233 e. The zero-order valence-electron chi connectivity index (χ0n) is 16.5. The molecule has 1 saturated carbocycles. The molecule has 150 valence electrons. The van der Waals surface area contributed by atoms with Crippen LogP contribution in [0.3, 0.4) is 0 Å². The highest BCUT2D eigenvalue weighted by Gasteiger charge is 2.27. The molecule has 1 fully saturated rings. The van der Waals surface area contributed by atoms with Gasteiger partial charge in [-0.2, -0.15) is 0 Å². The number of nitrogens with zero attached hydrogens (tertiary/aromatic N) is 4. The first-order valence-electron chi connectivity index (χ1n) is 10.3. The van der Waals surface area contributed by atoms with E-state index in [9.17, 15) is 4.79 Å². The Labute approximate surface area is 170 Å². The van der Waals surface area contributed by atoms with Crippen LogP contribution in [0, 0.1) is 0 Å². The quantitative estimate of drug-likeness (QED) is 0.613. The van der Waals surface area contributed by atoms with Crippen LogP contribution in [0.25, 0.3) is 0 Å². The van der Waals surface area contributed by atoms with Gasteiger partial charge in [-0.1, -0.05) is 55.3 Å². The first kappa shape index (κ1) is 19.3. The Morgan fingerprint density at radius 3 is 2.79 bits per heavy atom. The average molecular weight is 400 g/mol. The lowest BCUT2D eigenvalue weighted by Crippen LogP contribution is -2.34. The van der Waals surface area contributed by atoms with E-state index in [1.165, 1.54) is 42.2 Å². The number of fused-ring (bicyclic) bond motifs is 1. The van der Waals surface area contributed by atoms with E-state index >= 15 is 0 Å². The molecule has 1 aromatic carbocycles. The van der Waals surface area contributed by atoms with E-state index < -0.39 is 0 Å². The minimum atomic E-state index is 0.105. The van der Waals surface area contributed by atoms with Crippen molar-refractivity contribution in [1.82, 2.24) is 19.8 Å². The molecule has 1 aromatic heterocycles. The summed E-state index contributed by atoms with van der Waals surface area (Å²) in [6.45, 7) is 0. The van der Waals surface area contributed by atoms with Gasteiger partial charge in [-0.15, -0.1) is 10.2 Å². The minimum Gasteiger partial charge on any atom is -0.338 e. The Bertz CT molecular complexity index is 830. The highest BCUT2D eigenvalue weighted by molar-refractivity contribution is 7.99. The monoisotopic (exact) mass is 399 g/mol. The average Bonchev–Trinajstić information content (AvgIpc) is 3.12. The number of hydrogen-bond donors (Lipinski definition) is 1. The molecule has 2 N–H and O–H groups in total. The summed E-state index contributed by atoms with van der Waals surface area (Å²) < 4.78 is 1.60. The Morgan fingerprint density at radius 2 is 1.96 bits per heavy atom. The molecule has 7 heteroatoms.